The van der Waals surface area contributed by atoms with Crippen LogP contribution in [0.5, 0.6) is 5.75 Å². The van der Waals surface area contributed by atoms with Crippen molar-refractivity contribution in [3.8, 4) is 5.75 Å². The average Bonchev–Trinajstić information content (AvgIpc) is 3.01. The molecule has 8 heteroatoms. The molecule has 1 aliphatic rings. The summed E-state index contributed by atoms with van der Waals surface area (Å²) in [6.45, 7) is -0.389. The zero-order valence-electron chi connectivity index (χ0n) is 16.4. The summed E-state index contributed by atoms with van der Waals surface area (Å²) >= 11 is 6.46. The number of thioether (sulfide) groups is 1. The molecule has 1 heterocycles. The molecule has 1 aliphatic heterocycles. The lowest BCUT2D eigenvalue weighted by atomic mass is 10.1. The monoisotopic (exact) mass is 442 g/mol. The third-order valence-corrected chi connectivity index (χ3v) is 5.86. The van der Waals surface area contributed by atoms with Gasteiger partial charge in [-0.1, -0.05) is 66.4 Å². The van der Waals surface area contributed by atoms with Gasteiger partial charge in [0.2, 0.25) is 5.91 Å². The summed E-state index contributed by atoms with van der Waals surface area (Å²) in [6, 6.07) is 16.5. The minimum atomic E-state index is -0.439. The fourth-order valence-electron chi connectivity index (χ4n) is 3.00. The average molecular weight is 443 g/mol. The number of aliphatic hydroxyl groups is 1. The number of hydrogen-bond donors (Lipinski definition) is 2. The maximum absolute atomic E-state index is 12.7. The minimum absolute atomic E-state index is 0.189. The summed E-state index contributed by atoms with van der Waals surface area (Å²) in [4.78, 5) is 26.9. The minimum Gasteiger partial charge on any atom is -0.497 e. The van der Waals surface area contributed by atoms with Crippen LogP contribution in [0.4, 0.5) is 0 Å². The lowest BCUT2D eigenvalue weighted by Gasteiger charge is -2.19. The number of carbonyl (C=O) groups excluding carboxylic acids is 2. The molecule has 156 valence electrons. The van der Waals surface area contributed by atoms with Crippen molar-refractivity contribution in [1.29, 1.82) is 0 Å². The molecule has 0 aliphatic carbocycles. The van der Waals surface area contributed by atoms with Crippen molar-refractivity contribution < 1.29 is 19.4 Å². The first-order chi connectivity index (χ1) is 14.5. The van der Waals surface area contributed by atoms with Gasteiger partial charge in [0.15, 0.2) is 0 Å². The zero-order chi connectivity index (χ0) is 21.5. The van der Waals surface area contributed by atoms with Gasteiger partial charge in [0, 0.05) is 0 Å². The highest BCUT2D eigenvalue weighted by atomic mass is 32.2. The molecule has 2 N–H and O–H groups in total. The Labute approximate surface area is 184 Å². The Kier molecular flexibility index (Phi) is 7.62. The van der Waals surface area contributed by atoms with Gasteiger partial charge in [0.05, 0.1) is 24.7 Å². The first kappa shape index (κ1) is 22.0. The number of nitrogens with one attached hydrogen (secondary N) is 1. The van der Waals surface area contributed by atoms with E-state index in [9.17, 15) is 14.7 Å². The smallest absolute Gasteiger partial charge is 0.266 e. The van der Waals surface area contributed by atoms with Gasteiger partial charge in [-0.15, -0.1) is 0 Å². The van der Waals surface area contributed by atoms with Crippen LogP contribution in [0.1, 0.15) is 11.1 Å². The molecule has 1 fully saturated rings. The van der Waals surface area contributed by atoms with Crippen LogP contribution in [0.2, 0.25) is 0 Å². The van der Waals surface area contributed by atoms with Crippen LogP contribution in [0.25, 0.3) is 6.08 Å². The van der Waals surface area contributed by atoms with Crippen molar-refractivity contribution >= 4 is 46.2 Å². The zero-order valence-corrected chi connectivity index (χ0v) is 18.0. The maximum atomic E-state index is 12.7. The van der Waals surface area contributed by atoms with Crippen molar-refractivity contribution in [1.82, 2.24) is 10.2 Å². The number of methoxy groups -OCH3 is 1. The number of amides is 2. The van der Waals surface area contributed by atoms with E-state index in [-0.39, 0.29) is 25.0 Å². The predicted molar refractivity (Wildman–Crippen MR) is 122 cm³/mol. The fraction of sp³-hybridized carbons (Fsp3) is 0.227. The van der Waals surface area contributed by atoms with Crippen molar-refractivity contribution in [2.75, 3.05) is 20.3 Å². The number of thiocarbonyl (C=S) groups is 1. The Hall–Kier alpha value is -2.68. The van der Waals surface area contributed by atoms with Crippen LogP contribution in [0.3, 0.4) is 0 Å². The second kappa shape index (κ2) is 10.4. The van der Waals surface area contributed by atoms with Crippen LogP contribution >= 0.6 is 24.0 Å². The largest absolute Gasteiger partial charge is 0.497 e. The highest BCUT2D eigenvalue weighted by Crippen LogP contribution is 2.32. The van der Waals surface area contributed by atoms with E-state index in [1.807, 2.05) is 54.6 Å². The lowest BCUT2D eigenvalue weighted by Crippen LogP contribution is -2.45. The number of benzene rings is 2. The highest BCUT2D eigenvalue weighted by Gasteiger charge is 2.33. The van der Waals surface area contributed by atoms with Crippen LogP contribution in [-0.4, -0.2) is 52.4 Å². The van der Waals surface area contributed by atoms with E-state index in [1.54, 1.807) is 13.2 Å². The van der Waals surface area contributed by atoms with Crippen molar-refractivity contribution in [3.05, 3.63) is 70.6 Å². The Morgan fingerprint density at radius 1 is 1.27 bits per heavy atom. The quantitative estimate of drug-likeness (QED) is 0.483. The molecule has 3 rings (SSSR count). The number of nitrogens with zero attached hydrogens (tertiary/aromatic N) is 1. The molecule has 2 aromatic rings. The Bertz CT molecular complexity index is 963. The second-order valence-electron chi connectivity index (χ2n) is 6.68. The van der Waals surface area contributed by atoms with Gasteiger partial charge in [-0.05, 0) is 35.8 Å². The van der Waals surface area contributed by atoms with Gasteiger partial charge in [0.25, 0.3) is 5.91 Å². The number of aliphatic hydroxyl groups excluding tert-OH is 1. The number of rotatable bonds is 8. The van der Waals surface area contributed by atoms with Crippen LogP contribution in [0, 0.1) is 0 Å². The molecule has 2 aromatic carbocycles. The highest BCUT2D eigenvalue weighted by molar-refractivity contribution is 8.26. The standard InChI is InChI=1S/C22H22N2O4S2/c1-28-18-9-5-8-16(11-18)12-19-21(27)24(22(29)30-19)13-20(26)23-17(14-25)10-15-6-3-2-4-7-15/h2-9,11-12,17,25H,10,13-14H2,1H3,(H,23,26)/b19-12-/t17-/m1/s1. The Morgan fingerprint density at radius 3 is 2.73 bits per heavy atom. The number of carbonyl (C=O) groups is 2. The summed E-state index contributed by atoms with van der Waals surface area (Å²) in [6.07, 6.45) is 2.23. The number of hydrogen-bond acceptors (Lipinski definition) is 6. The molecule has 0 spiro atoms. The van der Waals surface area contributed by atoms with Crippen molar-refractivity contribution in [3.63, 3.8) is 0 Å². The molecular formula is C22H22N2O4S2. The van der Waals surface area contributed by atoms with Gasteiger partial charge in [-0.25, -0.2) is 0 Å². The van der Waals surface area contributed by atoms with Gasteiger partial charge in [0.1, 0.15) is 16.6 Å². The normalized spacial score (nSPS) is 16.1. The van der Waals surface area contributed by atoms with Crippen LogP contribution in [-0.2, 0) is 16.0 Å². The summed E-state index contributed by atoms with van der Waals surface area (Å²) in [5.74, 6) is 0.00237. The van der Waals surface area contributed by atoms with E-state index in [0.29, 0.717) is 21.4 Å². The molecule has 1 saturated heterocycles. The Morgan fingerprint density at radius 2 is 2.03 bits per heavy atom. The Balaban J connectivity index is 1.63. The van der Waals surface area contributed by atoms with Gasteiger partial charge in [-0.3, -0.25) is 14.5 Å². The van der Waals surface area contributed by atoms with E-state index in [0.717, 1.165) is 22.9 Å². The predicted octanol–water partition coefficient (Wildman–Crippen LogP) is 2.62. The molecule has 0 bridgehead atoms. The van der Waals surface area contributed by atoms with E-state index >= 15 is 0 Å². The van der Waals surface area contributed by atoms with E-state index in [4.69, 9.17) is 17.0 Å². The molecule has 30 heavy (non-hydrogen) atoms. The molecule has 0 unspecified atom stereocenters. The third kappa shape index (κ3) is 5.69. The molecule has 0 radical (unpaired) electrons. The van der Waals surface area contributed by atoms with E-state index in [1.165, 1.54) is 4.90 Å². The molecular weight excluding hydrogens is 420 g/mol. The SMILES string of the molecule is COc1cccc(/C=C2\SC(=S)N(CC(=O)N[C@@H](CO)Cc3ccccc3)C2=O)c1. The topological polar surface area (TPSA) is 78.9 Å². The summed E-state index contributed by atoms with van der Waals surface area (Å²) in [5, 5.41) is 12.4. The summed E-state index contributed by atoms with van der Waals surface area (Å²) in [5.41, 5.74) is 1.81. The second-order valence-corrected chi connectivity index (χ2v) is 8.36. The maximum Gasteiger partial charge on any atom is 0.266 e. The van der Waals surface area contributed by atoms with Crippen molar-refractivity contribution in [2.24, 2.45) is 0 Å². The van der Waals surface area contributed by atoms with Crippen LogP contribution < -0.4 is 10.1 Å². The van der Waals surface area contributed by atoms with E-state index in [2.05, 4.69) is 5.32 Å². The molecule has 0 saturated carbocycles. The van der Waals surface area contributed by atoms with E-state index < -0.39 is 6.04 Å². The first-order valence-corrected chi connectivity index (χ1v) is 10.6. The van der Waals surface area contributed by atoms with Gasteiger partial charge < -0.3 is 15.2 Å². The number of ether oxygens (including phenoxy) is 1. The van der Waals surface area contributed by atoms with Gasteiger partial charge in [-0.2, -0.15) is 0 Å². The van der Waals surface area contributed by atoms with Crippen molar-refractivity contribution in [2.45, 2.75) is 12.5 Å². The summed E-state index contributed by atoms with van der Waals surface area (Å²) < 4.78 is 5.53. The lowest BCUT2D eigenvalue weighted by molar-refractivity contribution is -0.129. The fourth-order valence-corrected chi connectivity index (χ4v) is 4.25. The molecule has 1 atom stereocenters. The third-order valence-electron chi connectivity index (χ3n) is 4.48. The molecule has 2 amide bonds. The molecule has 6 nitrogen and oxygen atoms in total. The van der Waals surface area contributed by atoms with Crippen LogP contribution in [0.15, 0.2) is 59.5 Å². The molecule has 0 aromatic heterocycles. The van der Waals surface area contributed by atoms with Gasteiger partial charge >= 0.3 is 0 Å². The summed E-state index contributed by atoms with van der Waals surface area (Å²) in [7, 11) is 1.58. The first-order valence-electron chi connectivity index (χ1n) is 9.33.